The molecule has 0 aromatic heterocycles. The van der Waals surface area contributed by atoms with E-state index in [4.69, 9.17) is 5.73 Å². The lowest BCUT2D eigenvalue weighted by Gasteiger charge is -2.23. The van der Waals surface area contributed by atoms with Gasteiger partial charge >= 0.3 is 0 Å². The van der Waals surface area contributed by atoms with Gasteiger partial charge in [0.2, 0.25) is 10.0 Å². The number of aliphatic hydroxyl groups is 1. The van der Waals surface area contributed by atoms with Crippen LogP contribution in [0, 0.1) is 5.82 Å². The molecular formula is C11H14BrFN2O3S. The lowest BCUT2D eigenvalue weighted by Crippen LogP contribution is -2.37. The second kappa shape index (κ2) is 5.35. The van der Waals surface area contributed by atoms with Gasteiger partial charge in [0.05, 0.1) is 16.8 Å². The van der Waals surface area contributed by atoms with Gasteiger partial charge in [-0.05, 0) is 40.9 Å². The smallest absolute Gasteiger partial charge is 0.245 e. The molecule has 5 nitrogen and oxygen atoms in total. The number of rotatable bonds is 3. The maximum Gasteiger partial charge on any atom is 0.245 e. The Kier molecular flexibility index (Phi) is 4.14. The van der Waals surface area contributed by atoms with Gasteiger partial charge in [-0.1, -0.05) is 0 Å². The third-order valence-electron chi connectivity index (χ3n) is 3.17. The average molecular weight is 353 g/mol. The summed E-state index contributed by atoms with van der Waals surface area (Å²) < 4.78 is 39.5. The van der Waals surface area contributed by atoms with Crippen LogP contribution in [-0.4, -0.2) is 37.0 Å². The molecule has 0 saturated carbocycles. The number of hydrogen-bond donors (Lipinski definition) is 2. The van der Waals surface area contributed by atoms with Crippen molar-refractivity contribution in [3.05, 3.63) is 22.4 Å². The average Bonchev–Trinajstić information content (AvgIpc) is 2.82. The first-order chi connectivity index (χ1) is 8.87. The lowest BCUT2D eigenvalue weighted by atomic mass is 10.2. The summed E-state index contributed by atoms with van der Waals surface area (Å²) in [4.78, 5) is -0.138. The van der Waals surface area contributed by atoms with Gasteiger partial charge in [0.25, 0.3) is 0 Å². The minimum Gasteiger partial charge on any atom is -0.398 e. The van der Waals surface area contributed by atoms with Crippen LogP contribution in [0.25, 0.3) is 0 Å². The molecular weight excluding hydrogens is 339 g/mol. The first-order valence-corrected chi connectivity index (χ1v) is 7.98. The molecule has 0 bridgehead atoms. The molecule has 19 heavy (non-hydrogen) atoms. The van der Waals surface area contributed by atoms with Crippen LogP contribution in [0.4, 0.5) is 10.1 Å². The minimum absolute atomic E-state index is 0.0417. The standard InChI is InChI=1S/C11H14BrFN2O3S/c12-8-4-11(10(14)5-9(8)13)19(17,18)15-3-1-2-7(15)6-16/h4-5,7,16H,1-3,6,14H2/t7-/m1/s1. The van der Waals surface area contributed by atoms with Gasteiger partial charge in [-0.2, -0.15) is 4.31 Å². The summed E-state index contributed by atoms with van der Waals surface area (Å²) in [5.74, 6) is -0.614. The van der Waals surface area contributed by atoms with E-state index < -0.39 is 21.9 Å². The van der Waals surface area contributed by atoms with Crippen LogP contribution in [0.5, 0.6) is 0 Å². The molecule has 106 valence electrons. The molecule has 8 heteroatoms. The van der Waals surface area contributed by atoms with Crippen LogP contribution >= 0.6 is 15.9 Å². The highest BCUT2D eigenvalue weighted by Crippen LogP contribution is 2.32. The highest BCUT2D eigenvalue weighted by atomic mass is 79.9. The summed E-state index contributed by atoms with van der Waals surface area (Å²) in [5.41, 5.74) is 5.47. The number of sulfonamides is 1. The highest BCUT2D eigenvalue weighted by Gasteiger charge is 2.36. The Morgan fingerprint density at radius 1 is 1.53 bits per heavy atom. The van der Waals surface area contributed by atoms with Crippen molar-refractivity contribution in [2.75, 3.05) is 18.9 Å². The van der Waals surface area contributed by atoms with E-state index in [1.165, 1.54) is 4.31 Å². The van der Waals surface area contributed by atoms with E-state index in [0.717, 1.165) is 12.1 Å². The molecule has 1 fully saturated rings. The van der Waals surface area contributed by atoms with E-state index in [1.807, 2.05) is 0 Å². The Morgan fingerprint density at radius 3 is 2.84 bits per heavy atom. The zero-order chi connectivity index (χ0) is 14.2. The van der Waals surface area contributed by atoms with E-state index in [0.29, 0.717) is 19.4 Å². The van der Waals surface area contributed by atoms with Crippen molar-refractivity contribution in [2.24, 2.45) is 0 Å². The van der Waals surface area contributed by atoms with Gasteiger partial charge in [-0.15, -0.1) is 0 Å². The van der Waals surface area contributed by atoms with Crippen molar-refractivity contribution in [3.63, 3.8) is 0 Å². The summed E-state index contributed by atoms with van der Waals surface area (Å²) >= 11 is 2.95. The summed E-state index contributed by atoms with van der Waals surface area (Å²) in [5, 5.41) is 9.21. The van der Waals surface area contributed by atoms with Crippen molar-refractivity contribution in [1.82, 2.24) is 4.31 Å². The number of hydrogen-bond acceptors (Lipinski definition) is 4. The van der Waals surface area contributed by atoms with Gasteiger partial charge < -0.3 is 10.8 Å². The third kappa shape index (κ3) is 2.62. The number of benzene rings is 1. The molecule has 1 aliphatic rings. The van der Waals surface area contributed by atoms with E-state index in [2.05, 4.69) is 15.9 Å². The molecule has 1 heterocycles. The van der Waals surface area contributed by atoms with Crippen LogP contribution in [-0.2, 0) is 10.0 Å². The number of anilines is 1. The van der Waals surface area contributed by atoms with E-state index in [1.54, 1.807) is 0 Å². The van der Waals surface area contributed by atoms with Crippen molar-refractivity contribution < 1.29 is 17.9 Å². The molecule has 1 atom stereocenters. The van der Waals surface area contributed by atoms with E-state index >= 15 is 0 Å². The SMILES string of the molecule is Nc1cc(F)c(Br)cc1S(=O)(=O)N1CCC[C@@H]1CO. The highest BCUT2D eigenvalue weighted by molar-refractivity contribution is 9.10. The quantitative estimate of drug-likeness (QED) is 0.803. The molecule has 1 saturated heterocycles. The number of aliphatic hydroxyl groups excluding tert-OH is 1. The van der Waals surface area contributed by atoms with Crippen molar-refractivity contribution in [3.8, 4) is 0 Å². The molecule has 1 aromatic carbocycles. The fourth-order valence-electron chi connectivity index (χ4n) is 2.20. The number of nitrogens with zero attached hydrogens (tertiary/aromatic N) is 1. The Morgan fingerprint density at radius 2 is 2.21 bits per heavy atom. The fourth-order valence-corrected chi connectivity index (χ4v) is 4.51. The predicted octanol–water partition coefficient (Wildman–Crippen LogP) is 1.32. The van der Waals surface area contributed by atoms with Gasteiger partial charge in [-0.3, -0.25) is 0 Å². The monoisotopic (exact) mass is 352 g/mol. The molecule has 1 aliphatic heterocycles. The summed E-state index contributed by atoms with van der Waals surface area (Å²) in [7, 11) is -3.82. The number of nitrogens with two attached hydrogens (primary N) is 1. The van der Waals surface area contributed by atoms with Gasteiger partial charge in [-0.25, -0.2) is 12.8 Å². The molecule has 0 unspecified atom stereocenters. The first kappa shape index (κ1) is 14.7. The third-order valence-corrected chi connectivity index (χ3v) is 5.79. The van der Waals surface area contributed by atoms with Crippen LogP contribution in [0.2, 0.25) is 0 Å². The van der Waals surface area contributed by atoms with Crippen LogP contribution in [0.1, 0.15) is 12.8 Å². The molecule has 0 amide bonds. The van der Waals surface area contributed by atoms with Crippen molar-refractivity contribution in [2.45, 2.75) is 23.8 Å². The van der Waals surface area contributed by atoms with Crippen LogP contribution < -0.4 is 5.73 Å². The van der Waals surface area contributed by atoms with Gasteiger partial charge in [0.15, 0.2) is 0 Å². The fraction of sp³-hybridized carbons (Fsp3) is 0.455. The minimum atomic E-state index is -3.82. The largest absolute Gasteiger partial charge is 0.398 e. The van der Waals surface area contributed by atoms with Crippen molar-refractivity contribution >= 4 is 31.6 Å². The Balaban J connectivity index is 2.48. The molecule has 0 radical (unpaired) electrons. The maximum absolute atomic E-state index is 13.3. The Bertz CT molecular complexity index is 594. The molecule has 0 aliphatic carbocycles. The van der Waals surface area contributed by atoms with Crippen LogP contribution in [0.3, 0.4) is 0 Å². The number of nitrogen functional groups attached to an aromatic ring is 1. The second-order valence-corrected chi connectivity index (χ2v) is 7.11. The Hall–Kier alpha value is -0.700. The zero-order valence-electron chi connectivity index (χ0n) is 10.0. The van der Waals surface area contributed by atoms with Gasteiger partial charge in [0.1, 0.15) is 10.7 Å². The zero-order valence-corrected chi connectivity index (χ0v) is 12.4. The topological polar surface area (TPSA) is 83.6 Å². The molecule has 3 N–H and O–H groups in total. The second-order valence-electron chi connectivity index (χ2n) is 4.40. The maximum atomic E-state index is 13.3. The lowest BCUT2D eigenvalue weighted by molar-refractivity contribution is 0.213. The number of halogens is 2. The van der Waals surface area contributed by atoms with E-state index in [9.17, 15) is 17.9 Å². The Labute approximate surface area is 119 Å². The van der Waals surface area contributed by atoms with Crippen LogP contribution in [0.15, 0.2) is 21.5 Å². The molecule has 1 aromatic rings. The normalized spacial score (nSPS) is 20.9. The molecule has 0 spiro atoms. The first-order valence-electron chi connectivity index (χ1n) is 5.75. The van der Waals surface area contributed by atoms with E-state index in [-0.39, 0.29) is 21.7 Å². The summed E-state index contributed by atoms with van der Waals surface area (Å²) in [6.07, 6.45) is 1.30. The van der Waals surface area contributed by atoms with Gasteiger partial charge in [0, 0.05) is 12.6 Å². The molecule has 2 rings (SSSR count). The summed E-state index contributed by atoms with van der Waals surface area (Å²) in [6, 6.07) is 1.70. The summed E-state index contributed by atoms with van der Waals surface area (Å²) in [6.45, 7) is 0.101. The predicted molar refractivity (Wildman–Crippen MR) is 72.5 cm³/mol. The van der Waals surface area contributed by atoms with Crippen molar-refractivity contribution in [1.29, 1.82) is 0 Å².